The number of rotatable bonds is 6. The second-order valence-corrected chi connectivity index (χ2v) is 12.9. The highest BCUT2D eigenvalue weighted by molar-refractivity contribution is 7.97. The van der Waals surface area contributed by atoms with Crippen molar-refractivity contribution in [3.8, 4) is 0 Å². The molecule has 2 heterocycles. The number of allylic oxidation sites excluding steroid dienone is 1. The average molecular weight is 424 g/mol. The standard InChI is InChI=1S/C16H22ClNO4S3/c17-15-6-7-16(23-15)25(21,22)14-11-24(19,20)10-13(14)18-9-8-12-4-2-1-3-5-12/h4,6-7,13-14,18H,1-3,5,8-11H2/t13-,14-/m0/s1. The van der Waals surface area contributed by atoms with Gasteiger partial charge in [-0.1, -0.05) is 23.3 Å². The Morgan fingerprint density at radius 2 is 2.04 bits per heavy atom. The molecule has 2 aliphatic rings. The second kappa shape index (κ2) is 7.68. The first kappa shape index (κ1) is 19.4. The van der Waals surface area contributed by atoms with Gasteiger partial charge in [-0.2, -0.15) is 0 Å². The monoisotopic (exact) mass is 423 g/mol. The van der Waals surface area contributed by atoms with Crippen LogP contribution in [-0.4, -0.2) is 46.2 Å². The van der Waals surface area contributed by atoms with Crippen molar-refractivity contribution < 1.29 is 16.8 Å². The summed E-state index contributed by atoms with van der Waals surface area (Å²) in [6.07, 6.45) is 7.69. The van der Waals surface area contributed by atoms with Gasteiger partial charge in [-0.25, -0.2) is 16.8 Å². The Morgan fingerprint density at radius 1 is 1.24 bits per heavy atom. The van der Waals surface area contributed by atoms with Crippen LogP contribution in [0, 0.1) is 0 Å². The molecule has 1 saturated heterocycles. The number of hydrogen-bond donors (Lipinski definition) is 1. The third kappa shape index (κ3) is 4.66. The third-order valence-corrected chi connectivity index (χ3v) is 10.7. The number of halogens is 1. The zero-order chi connectivity index (χ0) is 18.1. The fraction of sp³-hybridized carbons (Fsp3) is 0.625. The van der Waals surface area contributed by atoms with Crippen molar-refractivity contribution in [2.45, 2.75) is 47.6 Å². The molecule has 1 aliphatic carbocycles. The zero-order valence-corrected chi connectivity index (χ0v) is 17.0. The lowest BCUT2D eigenvalue weighted by Gasteiger charge is -2.20. The topological polar surface area (TPSA) is 80.3 Å². The molecule has 2 atom stereocenters. The molecule has 1 aromatic rings. The Hall–Kier alpha value is -0.410. The summed E-state index contributed by atoms with van der Waals surface area (Å²) in [5, 5.41) is 2.24. The van der Waals surface area contributed by atoms with E-state index < -0.39 is 31.0 Å². The number of sulfone groups is 2. The molecule has 0 amide bonds. The van der Waals surface area contributed by atoms with E-state index in [1.165, 1.54) is 30.5 Å². The Balaban J connectivity index is 1.71. The van der Waals surface area contributed by atoms with Crippen molar-refractivity contribution in [2.75, 3.05) is 18.1 Å². The highest BCUT2D eigenvalue weighted by atomic mass is 35.5. The third-order valence-electron chi connectivity index (χ3n) is 4.77. The molecule has 25 heavy (non-hydrogen) atoms. The number of hydrogen-bond acceptors (Lipinski definition) is 6. The van der Waals surface area contributed by atoms with Gasteiger partial charge < -0.3 is 5.32 Å². The van der Waals surface area contributed by atoms with E-state index in [9.17, 15) is 16.8 Å². The van der Waals surface area contributed by atoms with Crippen LogP contribution < -0.4 is 5.32 Å². The minimum Gasteiger partial charge on any atom is -0.311 e. The van der Waals surface area contributed by atoms with Gasteiger partial charge in [-0.15, -0.1) is 11.3 Å². The fourth-order valence-corrected chi connectivity index (χ4v) is 9.89. The van der Waals surface area contributed by atoms with Crippen molar-refractivity contribution in [1.29, 1.82) is 0 Å². The van der Waals surface area contributed by atoms with Crippen molar-refractivity contribution in [3.63, 3.8) is 0 Å². The Morgan fingerprint density at radius 3 is 2.68 bits per heavy atom. The molecule has 3 rings (SSSR count). The highest BCUT2D eigenvalue weighted by Gasteiger charge is 2.46. The molecule has 0 spiro atoms. The summed E-state index contributed by atoms with van der Waals surface area (Å²) in [7, 11) is -7.08. The minimum absolute atomic E-state index is 0.130. The molecule has 1 aromatic heterocycles. The van der Waals surface area contributed by atoms with Crippen LogP contribution in [0.1, 0.15) is 32.1 Å². The number of thiophene rings is 1. The summed E-state index contributed by atoms with van der Waals surface area (Å²) >= 11 is 6.83. The molecule has 0 radical (unpaired) electrons. The van der Waals surface area contributed by atoms with Gasteiger partial charge in [0, 0.05) is 6.04 Å². The highest BCUT2D eigenvalue weighted by Crippen LogP contribution is 2.32. The number of nitrogens with one attached hydrogen (secondary N) is 1. The van der Waals surface area contributed by atoms with Crippen LogP contribution >= 0.6 is 22.9 Å². The van der Waals surface area contributed by atoms with E-state index in [0.717, 1.165) is 30.6 Å². The molecule has 1 fully saturated rings. The Kier molecular flexibility index (Phi) is 5.95. The molecule has 0 saturated carbocycles. The van der Waals surface area contributed by atoms with Crippen LogP contribution in [-0.2, 0) is 19.7 Å². The van der Waals surface area contributed by atoms with Crippen molar-refractivity contribution >= 4 is 42.6 Å². The fourth-order valence-electron chi connectivity index (χ4n) is 3.46. The summed E-state index contributed by atoms with van der Waals surface area (Å²) < 4.78 is 50.3. The van der Waals surface area contributed by atoms with Gasteiger partial charge >= 0.3 is 0 Å². The first-order valence-corrected chi connectivity index (χ1v) is 12.9. The Bertz CT molecular complexity index is 858. The lowest BCUT2D eigenvalue weighted by atomic mass is 9.97. The second-order valence-electron chi connectivity index (χ2n) is 6.64. The summed E-state index contributed by atoms with van der Waals surface area (Å²) in [6, 6.07) is 2.41. The van der Waals surface area contributed by atoms with Gasteiger partial charge in [0.15, 0.2) is 19.7 Å². The first-order chi connectivity index (χ1) is 11.8. The lowest BCUT2D eigenvalue weighted by molar-refractivity contribution is 0.524. The van der Waals surface area contributed by atoms with Gasteiger partial charge in [-0.05, 0) is 50.8 Å². The van der Waals surface area contributed by atoms with E-state index in [2.05, 4.69) is 11.4 Å². The largest absolute Gasteiger partial charge is 0.311 e. The van der Waals surface area contributed by atoms with Crippen LogP contribution in [0.5, 0.6) is 0 Å². The van der Waals surface area contributed by atoms with Gasteiger partial charge in [0.1, 0.15) is 4.21 Å². The predicted octanol–water partition coefficient (Wildman–Crippen LogP) is 2.82. The molecule has 5 nitrogen and oxygen atoms in total. The molecular formula is C16H22ClNO4S3. The predicted molar refractivity (Wildman–Crippen MR) is 102 cm³/mol. The van der Waals surface area contributed by atoms with Crippen LogP contribution in [0.3, 0.4) is 0 Å². The Labute approximate surface area is 158 Å². The molecule has 0 bridgehead atoms. The minimum atomic E-state index is -3.72. The first-order valence-electron chi connectivity index (χ1n) is 8.39. The van der Waals surface area contributed by atoms with Crippen molar-refractivity contribution in [1.82, 2.24) is 5.32 Å². The van der Waals surface area contributed by atoms with Crippen LogP contribution in [0.4, 0.5) is 0 Å². The average Bonchev–Trinajstić information content (AvgIpc) is 3.12. The maximum atomic E-state index is 12.8. The zero-order valence-electron chi connectivity index (χ0n) is 13.8. The quantitative estimate of drug-likeness (QED) is 0.711. The molecule has 140 valence electrons. The normalized spacial score (nSPS) is 26.5. The van der Waals surface area contributed by atoms with E-state index in [1.54, 1.807) is 0 Å². The van der Waals surface area contributed by atoms with Crippen LogP contribution in [0.25, 0.3) is 0 Å². The lowest BCUT2D eigenvalue weighted by Crippen LogP contribution is -2.43. The van der Waals surface area contributed by atoms with Gasteiger partial charge in [0.2, 0.25) is 0 Å². The van der Waals surface area contributed by atoms with Crippen molar-refractivity contribution in [2.24, 2.45) is 0 Å². The van der Waals surface area contributed by atoms with Crippen LogP contribution in [0.15, 0.2) is 28.0 Å². The van der Waals surface area contributed by atoms with Gasteiger partial charge in [0.25, 0.3) is 0 Å². The molecule has 0 aromatic carbocycles. The van der Waals surface area contributed by atoms with E-state index in [1.807, 2.05) is 0 Å². The molecule has 9 heteroatoms. The molecule has 1 N–H and O–H groups in total. The molecule has 1 aliphatic heterocycles. The molecular weight excluding hydrogens is 402 g/mol. The summed E-state index contributed by atoms with van der Waals surface area (Å²) in [5.74, 6) is -0.458. The van der Waals surface area contributed by atoms with Crippen LogP contribution in [0.2, 0.25) is 4.34 Å². The van der Waals surface area contributed by atoms with Gasteiger partial charge in [0.05, 0.1) is 21.1 Å². The summed E-state index contributed by atoms with van der Waals surface area (Å²) in [5.41, 5.74) is 1.38. The van der Waals surface area contributed by atoms with E-state index >= 15 is 0 Å². The maximum Gasteiger partial charge on any atom is 0.193 e. The molecule has 0 unspecified atom stereocenters. The SMILES string of the molecule is O=S1(=O)C[C@H](NCCC2=CCCCC2)[C@@H](S(=O)(=O)c2ccc(Cl)s2)C1. The summed E-state index contributed by atoms with van der Waals surface area (Å²) in [4.78, 5) is 0. The van der Waals surface area contributed by atoms with E-state index in [4.69, 9.17) is 11.6 Å². The van der Waals surface area contributed by atoms with E-state index in [0.29, 0.717) is 10.9 Å². The van der Waals surface area contributed by atoms with Gasteiger partial charge in [-0.3, -0.25) is 0 Å². The summed E-state index contributed by atoms with van der Waals surface area (Å²) in [6.45, 7) is 0.600. The maximum absolute atomic E-state index is 12.8. The van der Waals surface area contributed by atoms with E-state index in [-0.39, 0.29) is 15.7 Å². The van der Waals surface area contributed by atoms with Crippen molar-refractivity contribution in [3.05, 3.63) is 28.1 Å². The smallest absolute Gasteiger partial charge is 0.193 e.